The van der Waals surface area contributed by atoms with Crippen molar-refractivity contribution in [2.45, 2.75) is 20.8 Å². The molecule has 112 valence electrons. The predicted octanol–water partition coefficient (Wildman–Crippen LogP) is 2.33. The molecule has 4 nitrogen and oxygen atoms in total. The van der Waals surface area contributed by atoms with Gasteiger partial charge in [0.25, 0.3) is 0 Å². The lowest BCUT2D eigenvalue weighted by atomic mass is 10.2. The Labute approximate surface area is 123 Å². The Morgan fingerprint density at radius 3 is 2.50 bits per heavy atom. The second kappa shape index (κ2) is 9.23. The number of guanidine groups is 1. The molecule has 0 radical (unpaired) electrons. The molecule has 0 amide bonds. The summed E-state index contributed by atoms with van der Waals surface area (Å²) in [4.78, 5) is 6.79. The maximum atomic E-state index is 4.56. The lowest BCUT2D eigenvalue weighted by Gasteiger charge is -2.20. The average molecular weight is 276 g/mol. The number of anilines is 1. The van der Waals surface area contributed by atoms with E-state index in [1.54, 1.807) is 0 Å². The van der Waals surface area contributed by atoms with Crippen LogP contribution in [0, 0.1) is 5.92 Å². The molecule has 0 aliphatic heterocycles. The zero-order chi connectivity index (χ0) is 14.8. The molecule has 2 N–H and O–H groups in total. The van der Waals surface area contributed by atoms with Gasteiger partial charge in [0.15, 0.2) is 5.96 Å². The highest BCUT2D eigenvalue weighted by atomic mass is 15.2. The highest BCUT2D eigenvalue weighted by Gasteiger charge is 2.01. The molecular weight excluding hydrogens is 248 g/mol. The van der Waals surface area contributed by atoms with Crippen molar-refractivity contribution in [3.8, 4) is 0 Å². The number of likely N-dealkylation sites (N-methyl/N-ethyl adjacent to an activating group) is 1. The van der Waals surface area contributed by atoms with Crippen LogP contribution in [0.2, 0.25) is 0 Å². The first kappa shape index (κ1) is 16.3. The molecule has 4 heteroatoms. The topological polar surface area (TPSA) is 39.7 Å². The summed E-state index contributed by atoms with van der Waals surface area (Å²) >= 11 is 0. The molecule has 0 saturated heterocycles. The van der Waals surface area contributed by atoms with Gasteiger partial charge in [0.2, 0.25) is 0 Å². The van der Waals surface area contributed by atoms with E-state index < -0.39 is 0 Å². The first-order valence-electron chi connectivity index (χ1n) is 7.41. The molecule has 1 aromatic rings. The molecule has 0 fully saturated rings. The molecule has 20 heavy (non-hydrogen) atoms. The predicted molar refractivity (Wildman–Crippen MR) is 88.5 cm³/mol. The average Bonchev–Trinajstić information content (AvgIpc) is 2.45. The zero-order valence-electron chi connectivity index (χ0n) is 13.2. The summed E-state index contributed by atoms with van der Waals surface area (Å²) < 4.78 is 0. The van der Waals surface area contributed by atoms with Gasteiger partial charge in [0, 0.05) is 38.9 Å². The minimum absolute atomic E-state index is 0.581. The quantitative estimate of drug-likeness (QED) is 0.593. The number of hydrogen-bond donors (Lipinski definition) is 2. The SMILES string of the molecule is CCNC(=NCC(C)C)NCCN(C)c1ccccc1. The monoisotopic (exact) mass is 276 g/mol. The van der Waals surface area contributed by atoms with Crippen molar-refractivity contribution in [1.82, 2.24) is 10.6 Å². The van der Waals surface area contributed by atoms with Crippen LogP contribution < -0.4 is 15.5 Å². The van der Waals surface area contributed by atoms with Crippen LogP contribution in [-0.2, 0) is 0 Å². The fourth-order valence-corrected chi connectivity index (χ4v) is 1.77. The summed E-state index contributed by atoms with van der Waals surface area (Å²) in [6, 6.07) is 10.4. The Morgan fingerprint density at radius 1 is 1.20 bits per heavy atom. The highest BCUT2D eigenvalue weighted by Crippen LogP contribution is 2.09. The summed E-state index contributed by atoms with van der Waals surface area (Å²) in [6.07, 6.45) is 0. The molecule has 1 rings (SSSR count). The van der Waals surface area contributed by atoms with Crippen LogP contribution in [0.4, 0.5) is 5.69 Å². The fraction of sp³-hybridized carbons (Fsp3) is 0.562. The van der Waals surface area contributed by atoms with Gasteiger partial charge in [-0.1, -0.05) is 32.0 Å². The molecule has 0 unspecified atom stereocenters. The van der Waals surface area contributed by atoms with Gasteiger partial charge in [-0.25, -0.2) is 0 Å². The molecule has 0 atom stereocenters. The Hall–Kier alpha value is -1.71. The van der Waals surface area contributed by atoms with Gasteiger partial charge >= 0.3 is 0 Å². The van der Waals surface area contributed by atoms with Crippen LogP contribution in [0.15, 0.2) is 35.3 Å². The third-order valence-electron chi connectivity index (χ3n) is 2.90. The fourth-order valence-electron chi connectivity index (χ4n) is 1.77. The molecule has 0 spiro atoms. The van der Waals surface area contributed by atoms with Gasteiger partial charge in [-0.2, -0.15) is 0 Å². The van der Waals surface area contributed by atoms with E-state index >= 15 is 0 Å². The number of rotatable bonds is 7. The van der Waals surface area contributed by atoms with Crippen molar-refractivity contribution in [1.29, 1.82) is 0 Å². The van der Waals surface area contributed by atoms with Crippen LogP contribution in [0.3, 0.4) is 0 Å². The van der Waals surface area contributed by atoms with E-state index in [1.807, 2.05) is 6.07 Å². The van der Waals surface area contributed by atoms with Crippen LogP contribution in [0.1, 0.15) is 20.8 Å². The van der Waals surface area contributed by atoms with E-state index in [0.29, 0.717) is 5.92 Å². The molecule has 1 aromatic carbocycles. The first-order valence-corrected chi connectivity index (χ1v) is 7.41. The lowest BCUT2D eigenvalue weighted by molar-refractivity contribution is 0.656. The van der Waals surface area contributed by atoms with Crippen molar-refractivity contribution >= 4 is 11.6 Å². The number of nitrogens with zero attached hydrogens (tertiary/aromatic N) is 2. The van der Waals surface area contributed by atoms with Crippen molar-refractivity contribution in [2.24, 2.45) is 10.9 Å². The van der Waals surface area contributed by atoms with Crippen molar-refractivity contribution in [2.75, 3.05) is 38.1 Å². The van der Waals surface area contributed by atoms with E-state index in [2.05, 4.69) is 72.6 Å². The number of hydrogen-bond acceptors (Lipinski definition) is 2. The minimum Gasteiger partial charge on any atom is -0.373 e. The molecule has 0 aliphatic rings. The summed E-state index contributed by atoms with van der Waals surface area (Å²) in [6.45, 7) is 9.99. The minimum atomic E-state index is 0.581. The van der Waals surface area contributed by atoms with E-state index in [1.165, 1.54) is 5.69 Å². The highest BCUT2D eigenvalue weighted by molar-refractivity contribution is 5.79. The Bertz CT molecular complexity index is 387. The second-order valence-corrected chi connectivity index (χ2v) is 5.30. The van der Waals surface area contributed by atoms with E-state index in [-0.39, 0.29) is 0 Å². The van der Waals surface area contributed by atoms with Gasteiger partial charge in [-0.15, -0.1) is 0 Å². The summed E-state index contributed by atoms with van der Waals surface area (Å²) in [7, 11) is 2.11. The van der Waals surface area contributed by atoms with Crippen molar-refractivity contribution < 1.29 is 0 Å². The number of aliphatic imine (C=N–C) groups is 1. The molecule has 0 aliphatic carbocycles. The molecule has 0 saturated carbocycles. The third kappa shape index (κ3) is 6.45. The molecule has 0 bridgehead atoms. The van der Waals surface area contributed by atoms with Crippen LogP contribution in [0.25, 0.3) is 0 Å². The van der Waals surface area contributed by atoms with Crippen molar-refractivity contribution in [3.63, 3.8) is 0 Å². The normalized spacial score (nSPS) is 11.6. The summed E-state index contributed by atoms with van der Waals surface area (Å²) in [5.74, 6) is 1.49. The third-order valence-corrected chi connectivity index (χ3v) is 2.90. The van der Waals surface area contributed by atoms with Gasteiger partial charge in [-0.05, 0) is 25.0 Å². The number of para-hydroxylation sites is 1. The smallest absolute Gasteiger partial charge is 0.191 e. The van der Waals surface area contributed by atoms with E-state index in [9.17, 15) is 0 Å². The first-order chi connectivity index (χ1) is 9.63. The number of nitrogens with one attached hydrogen (secondary N) is 2. The molecule has 0 aromatic heterocycles. The number of benzene rings is 1. The maximum absolute atomic E-state index is 4.56. The Morgan fingerprint density at radius 2 is 1.90 bits per heavy atom. The lowest BCUT2D eigenvalue weighted by Crippen LogP contribution is -2.41. The van der Waals surface area contributed by atoms with Gasteiger partial charge in [-0.3, -0.25) is 4.99 Å². The second-order valence-electron chi connectivity index (χ2n) is 5.30. The largest absolute Gasteiger partial charge is 0.373 e. The molecule has 0 heterocycles. The summed E-state index contributed by atoms with van der Waals surface area (Å²) in [5.41, 5.74) is 1.23. The van der Waals surface area contributed by atoms with Crippen LogP contribution in [0.5, 0.6) is 0 Å². The molecular formula is C16H28N4. The van der Waals surface area contributed by atoms with Crippen molar-refractivity contribution in [3.05, 3.63) is 30.3 Å². The Kier molecular flexibility index (Phi) is 7.55. The zero-order valence-corrected chi connectivity index (χ0v) is 13.2. The summed E-state index contributed by atoms with van der Waals surface area (Å²) in [5, 5.41) is 6.65. The maximum Gasteiger partial charge on any atom is 0.191 e. The van der Waals surface area contributed by atoms with Crippen LogP contribution in [-0.4, -0.2) is 39.2 Å². The van der Waals surface area contributed by atoms with Crippen LogP contribution >= 0.6 is 0 Å². The van der Waals surface area contributed by atoms with E-state index in [0.717, 1.165) is 32.1 Å². The van der Waals surface area contributed by atoms with E-state index in [4.69, 9.17) is 0 Å². The van der Waals surface area contributed by atoms with Gasteiger partial charge in [0.05, 0.1) is 0 Å². The standard InChI is InChI=1S/C16H28N4/c1-5-17-16(19-13-14(2)3)18-11-12-20(4)15-9-7-6-8-10-15/h6-10,14H,5,11-13H2,1-4H3,(H2,17,18,19). The van der Waals surface area contributed by atoms with Gasteiger partial charge in [0.1, 0.15) is 0 Å². The Balaban J connectivity index is 2.38. The van der Waals surface area contributed by atoms with Gasteiger partial charge < -0.3 is 15.5 Å².